The van der Waals surface area contributed by atoms with Crippen molar-refractivity contribution < 1.29 is 19.1 Å². The number of pyridine rings is 1. The third-order valence-corrected chi connectivity index (χ3v) is 4.40. The first-order valence-corrected chi connectivity index (χ1v) is 8.26. The Morgan fingerprint density at radius 1 is 1.21 bits per heavy atom. The number of benzene rings is 2. The van der Waals surface area contributed by atoms with E-state index in [4.69, 9.17) is 15.3 Å². The number of nitrogens with one attached hydrogen (secondary N) is 1. The number of aromatic nitrogens is 2. The van der Waals surface area contributed by atoms with E-state index < -0.39 is 35.1 Å². The van der Waals surface area contributed by atoms with E-state index in [0.29, 0.717) is 0 Å². The van der Waals surface area contributed by atoms with Gasteiger partial charge in [-0.3, -0.25) is 19.2 Å². The number of aliphatic carboxylic acids is 1. The van der Waals surface area contributed by atoms with Crippen molar-refractivity contribution in [1.82, 2.24) is 9.97 Å². The number of hydrogen-bond acceptors (Lipinski definition) is 7. The predicted octanol–water partition coefficient (Wildman–Crippen LogP) is 1.12. The third kappa shape index (κ3) is 2.74. The number of rotatable bonds is 4. The molecule has 1 aromatic carbocycles. The SMILES string of the molecule is N[C@@H](CC(=O)c1cccc2oc3cc(=O)c4[nH]ccc(=O)c4c-3nc12)C(=O)O. The molecule has 0 fully saturated rings. The number of H-pyrrole nitrogens is 1. The Morgan fingerprint density at radius 2 is 2.00 bits per heavy atom. The Balaban J connectivity index is 2.03. The maximum atomic E-state index is 12.6. The summed E-state index contributed by atoms with van der Waals surface area (Å²) in [7, 11) is 0. The second-order valence-electron chi connectivity index (χ2n) is 6.25. The number of nitrogens with two attached hydrogens (primary N) is 1. The fourth-order valence-electron chi connectivity index (χ4n) is 3.05. The third-order valence-electron chi connectivity index (χ3n) is 4.40. The second-order valence-corrected chi connectivity index (χ2v) is 6.25. The number of carboxylic acids is 1. The lowest BCUT2D eigenvalue weighted by Gasteiger charge is -2.11. The number of ketones is 1. The summed E-state index contributed by atoms with van der Waals surface area (Å²) in [6.45, 7) is 0. The first-order chi connectivity index (χ1) is 13.4. The molecule has 2 aliphatic rings. The van der Waals surface area contributed by atoms with Gasteiger partial charge in [0.2, 0.25) is 5.43 Å². The zero-order valence-corrected chi connectivity index (χ0v) is 14.3. The maximum absolute atomic E-state index is 12.6. The van der Waals surface area contributed by atoms with E-state index in [1.54, 1.807) is 12.1 Å². The highest BCUT2D eigenvalue weighted by Gasteiger charge is 2.23. The van der Waals surface area contributed by atoms with Crippen LogP contribution in [0.1, 0.15) is 16.8 Å². The molecule has 4 rings (SSSR count). The monoisotopic (exact) mass is 379 g/mol. The number of carboxylic acid groups (broad SMARTS) is 1. The molecule has 28 heavy (non-hydrogen) atoms. The number of carbonyl (C=O) groups is 2. The van der Waals surface area contributed by atoms with Gasteiger partial charge in [0.25, 0.3) is 0 Å². The summed E-state index contributed by atoms with van der Waals surface area (Å²) in [5, 5.41) is 8.98. The highest BCUT2D eigenvalue weighted by atomic mass is 16.4. The van der Waals surface area contributed by atoms with Crippen molar-refractivity contribution in [2.45, 2.75) is 12.5 Å². The molecule has 140 valence electrons. The summed E-state index contributed by atoms with van der Waals surface area (Å²) in [5.41, 5.74) is 5.31. The van der Waals surface area contributed by atoms with Crippen LogP contribution < -0.4 is 16.6 Å². The minimum absolute atomic E-state index is 0.0557. The van der Waals surface area contributed by atoms with Crippen molar-refractivity contribution in [2.75, 3.05) is 0 Å². The topological polar surface area (TPSA) is 156 Å². The lowest BCUT2D eigenvalue weighted by molar-refractivity contribution is -0.138. The van der Waals surface area contributed by atoms with Crippen molar-refractivity contribution in [3.8, 4) is 11.5 Å². The quantitative estimate of drug-likeness (QED) is 0.270. The fraction of sp³-hybridized carbons (Fsp3) is 0.105. The van der Waals surface area contributed by atoms with Gasteiger partial charge < -0.3 is 20.2 Å². The van der Waals surface area contributed by atoms with Crippen LogP contribution in [0.2, 0.25) is 0 Å². The van der Waals surface area contributed by atoms with Crippen LogP contribution >= 0.6 is 0 Å². The van der Waals surface area contributed by atoms with Gasteiger partial charge in [0.05, 0.1) is 10.9 Å². The smallest absolute Gasteiger partial charge is 0.320 e. The first-order valence-electron chi connectivity index (χ1n) is 8.26. The molecular weight excluding hydrogens is 366 g/mol. The van der Waals surface area contributed by atoms with Crippen molar-refractivity contribution >= 4 is 33.8 Å². The molecule has 1 atom stereocenters. The number of para-hydroxylation sites is 1. The predicted molar refractivity (Wildman–Crippen MR) is 99.6 cm³/mol. The molecule has 4 N–H and O–H groups in total. The molecule has 0 radical (unpaired) electrons. The zero-order valence-electron chi connectivity index (χ0n) is 14.3. The average molecular weight is 379 g/mol. The standard InChI is InChI=1S/C19H13N3O6/c20-9(19(26)27)6-11(24)8-2-1-3-13-16(8)22-18-14(28-13)7-12(25)17-15(18)10(23)4-5-21-17/h1-5,7,9H,6,20H2,(H,21,23)(H,26,27)/t9-/m0/s1. The number of aromatic amines is 1. The summed E-state index contributed by atoms with van der Waals surface area (Å²) >= 11 is 0. The lowest BCUT2D eigenvalue weighted by Crippen LogP contribution is -2.32. The van der Waals surface area contributed by atoms with E-state index in [1.807, 2.05) is 0 Å². The Hall–Kier alpha value is -3.85. The van der Waals surface area contributed by atoms with Crippen LogP contribution in [0.5, 0.6) is 0 Å². The Labute approximate surface area is 155 Å². The molecule has 9 heteroatoms. The summed E-state index contributed by atoms with van der Waals surface area (Å²) in [4.78, 5) is 55.2. The number of fused-ring (bicyclic) bond motifs is 4. The molecule has 1 aromatic heterocycles. The number of carbonyl (C=O) groups excluding carboxylic acids is 1. The molecule has 2 aromatic rings. The van der Waals surface area contributed by atoms with Gasteiger partial charge in [0.15, 0.2) is 22.6 Å². The molecule has 0 amide bonds. The number of nitrogens with zero attached hydrogens (tertiary/aromatic N) is 1. The Morgan fingerprint density at radius 3 is 2.75 bits per heavy atom. The Kier molecular flexibility index (Phi) is 4.01. The second kappa shape index (κ2) is 6.39. The van der Waals surface area contributed by atoms with E-state index in [0.717, 1.165) is 0 Å². The Bertz CT molecular complexity index is 1350. The van der Waals surface area contributed by atoms with Gasteiger partial charge in [0.1, 0.15) is 17.3 Å². The number of hydrogen-bond donors (Lipinski definition) is 3. The van der Waals surface area contributed by atoms with Gasteiger partial charge in [-0.2, -0.15) is 0 Å². The van der Waals surface area contributed by atoms with E-state index in [1.165, 1.54) is 24.4 Å². The van der Waals surface area contributed by atoms with Gasteiger partial charge in [-0.15, -0.1) is 0 Å². The lowest BCUT2D eigenvalue weighted by atomic mass is 10.0. The fourth-order valence-corrected chi connectivity index (χ4v) is 3.05. The molecular formula is C19H13N3O6. The van der Waals surface area contributed by atoms with Gasteiger partial charge in [-0.25, -0.2) is 4.98 Å². The molecule has 0 spiro atoms. The van der Waals surface area contributed by atoms with Crippen LogP contribution in [-0.2, 0) is 4.79 Å². The molecule has 1 aliphatic heterocycles. The molecule has 0 saturated carbocycles. The minimum Gasteiger partial charge on any atom is -0.480 e. The molecule has 1 aliphatic carbocycles. The average Bonchev–Trinajstić information content (AvgIpc) is 2.66. The van der Waals surface area contributed by atoms with Crippen LogP contribution in [0.4, 0.5) is 0 Å². The van der Waals surface area contributed by atoms with Crippen LogP contribution in [0.25, 0.3) is 33.5 Å². The molecule has 0 saturated heterocycles. The van der Waals surface area contributed by atoms with E-state index >= 15 is 0 Å². The normalized spacial score (nSPS) is 12.5. The van der Waals surface area contributed by atoms with Gasteiger partial charge in [0, 0.05) is 30.3 Å². The maximum Gasteiger partial charge on any atom is 0.320 e. The summed E-state index contributed by atoms with van der Waals surface area (Å²) < 4.78 is 5.72. The van der Waals surface area contributed by atoms with Crippen molar-refractivity contribution in [2.24, 2.45) is 5.73 Å². The van der Waals surface area contributed by atoms with Crippen LogP contribution in [0.3, 0.4) is 0 Å². The van der Waals surface area contributed by atoms with E-state index in [9.17, 15) is 19.2 Å². The number of Topliss-reactive ketones (excluding diaryl/α,β-unsaturated/α-hetero) is 1. The van der Waals surface area contributed by atoms with Crippen molar-refractivity contribution in [1.29, 1.82) is 0 Å². The van der Waals surface area contributed by atoms with Crippen molar-refractivity contribution in [3.05, 3.63) is 62.5 Å². The van der Waals surface area contributed by atoms with E-state index in [2.05, 4.69) is 9.97 Å². The van der Waals surface area contributed by atoms with Gasteiger partial charge in [-0.05, 0) is 12.1 Å². The molecule has 2 heterocycles. The van der Waals surface area contributed by atoms with Crippen LogP contribution in [-0.4, -0.2) is 32.9 Å². The van der Waals surface area contributed by atoms with Crippen molar-refractivity contribution in [3.63, 3.8) is 0 Å². The summed E-state index contributed by atoms with van der Waals surface area (Å²) in [5.74, 6) is -1.72. The zero-order chi connectivity index (χ0) is 20.0. The largest absolute Gasteiger partial charge is 0.480 e. The molecule has 0 unspecified atom stereocenters. The highest BCUT2D eigenvalue weighted by molar-refractivity contribution is 6.08. The summed E-state index contributed by atoms with van der Waals surface area (Å²) in [6, 6.07) is 5.70. The minimum atomic E-state index is -1.35. The van der Waals surface area contributed by atoms with E-state index in [-0.39, 0.29) is 39.0 Å². The highest BCUT2D eigenvalue weighted by Crippen LogP contribution is 2.29. The van der Waals surface area contributed by atoms with Gasteiger partial charge in [-0.1, -0.05) is 6.07 Å². The molecule has 9 nitrogen and oxygen atoms in total. The first kappa shape index (κ1) is 17.6. The molecule has 0 bridgehead atoms. The van der Waals surface area contributed by atoms with Gasteiger partial charge >= 0.3 is 5.97 Å². The van der Waals surface area contributed by atoms with Crippen LogP contribution in [0.15, 0.2) is 50.5 Å². The summed E-state index contributed by atoms with van der Waals surface area (Å²) in [6.07, 6.45) is 0.938. The van der Waals surface area contributed by atoms with Crippen LogP contribution in [0, 0.1) is 0 Å².